The Hall–Kier alpha value is -5.93. The molecule has 0 atom stereocenters. The normalized spacial score (nSPS) is 13.7. The van der Waals surface area contributed by atoms with Crippen molar-refractivity contribution < 1.29 is 0 Å². The van der Waals surface area contributed by atoms with E-state index >= 15 is 0 Å². The van der Waals surface area contributed by atoms with Crippen molar-refractivity contribution in [2.75, 3.05) is 0 Å². The Morgan fingerprint density at radius 3 is 1.73 bits per heavy atom. The van der Waals surface area contributed by atoms with Crippen molar-refractivity contribution in [1.29, 1.82) is 5.41 Å². The Labute approximate surface area is 256 Å². The average molecular weight is 564 g/mol. The van der Waals surface area contributed by atoms with Gasteiger partial charge in [0.25, 0.3) is 0 Å². The molecular weight excluding hydrogens is 534 g/mol. The van der Waals surface area contributed by atoms with Crippen LogP contribution in [-0.4, -0.2) is 10.3 Å². The fourth-order valence-corrected chi connectivity index (χ4v) is 6.36. The van der Waals surface area contributed by atoms with Crippen LogP contribution in [0.1, 0.15) is 27.8 Å². The molecule has 2 heterocycles. The van der Waals surface area contributed by atoms with Crippen LogP contribution >= 0.6 is 0 Å². The fraction of sp³-hybridized carbons (Fsp3) is 0. The molecule has 44 heavy (non-hydrogen) atoms. The van der Waals surface area contributed by atoms with Gasteiger partial charge in [-0.3, -0.25) is 5.41 Å². The smallest absolute Gasteiger partial charge is 0.0711 e. The minimum absolute atomic E-state index is 0.474. The van der Waals surface area contributed by atoms with Gasteiger partial charge in [0, 0.05) is 38.9 Å². The first-order valence-electron chi connectivity index (χ1n) is 14.9. The Kier molecular flexibility index (Phi) is 6.28. The van der Waals surface area contributed by atoms with Gasteiger partial charge in [-0.25, -0.2) is 0 Å². The number of nitrogens with zero attached hydrogens (tertiary/aromatic N) is 1. The highest BCUT2D eigenvalue weighted by Gasteiger charge is 2.25. The number of hydrogen-bond donors (Lipinski definition) is 2. The van der Waals surface area contributed by atoms with Gasteiger partial charge in [0.2, 0.25) is 0 Å². The molecule has 1 aliphatic heterocycles. The van der Waals surface area contributed by atoms with Crippen LogP contribution in [0, 0.1) is 5.41 Å². The summed E-state index contributed by atoms with van der Waals surface area (Å²) in [4.78, 5) is 0. The molecule has 208 valence electrons. The first-order valence-corrected chi connectivity index (χ1v) is 14.9. The molecule has 3 heteroatoms. The van der Waals surface area contributed by atoms with E-state index in [1.54, 1.807) is 0 Å². The maximum Gasteiger partial charge on any atom is 0.0711 e. The fourth-order valence-electron chi connectivity index (χ4n) is 6.36. The number of hydrogen-bond acceptors (Lipinski definition) is 2. The monoisotopic (exact) mass is 563 g/mol. The zero-order valence-electron chi connectivity index (χ0n) is 24.0. The van der Waals surface area contributed by atoms with E-state index in [4.69, 9.17) is 0 Å². The van der Waals surface area contributed by atoms with E-state index in [9.17, 15) is 5.41 Å². The van der Waals surface area contributed by atoms with E-state index in [0.717, 1.165) is 50.5 Å². The molecule has 6 aromatic carbocycles. The third-order valence-corrected chi connectivity index (χ3v) is 8.41. The van der Waals surface area contributed by atoms with Crippen molar-refractivity contribution in [2.45, 2.75) is 0 Å². The van der Waals surface area contributed by atoms with Crippen LogP contribution < -0.4 is 5.32 Å². The number of para-hydroxylation sites is 2. The lowest BCUT2D eigenvalue weighted by Gasteiger charge is -2.27. The van der Waals surface area contributed by atoms with Crippen molar-refractivity contribution in [1.82, 2.24) is 9.88 Å². The third kappa shape index (κ3) is 4.34. The standard InChI is InChI=1S/C41H29N3/c42-40(30-18-8-3-9-19-30)39(29-16-6-2-7-17-29)41-35-27-32(25-24-31(35)26-36(43-41)28-14-4-1-5-15-28)44-37-22-12-10-20-33(37)34-21-11-13-23-38(34)44/h1-27,42-43H/b41-39-,42-40?. The predicted molar refractivity (Wildman–Crippen MR) is 185 cm³/mol. The second kappa shape index (κ2) is 10.7. The minimum Gasteiger partial charge on any atom is -0.354 e. The van der Waals surface area contributed by atoms with Gasteiger partial charge in [0.1, 0.15) is 0 Å². The number of nitrogens with one attached hydrogen (secondary N) is 2. The van der Waals surface area contributed by atoms with E-state index in [1.165, 1.54) is 21.8 Å². The van der Waals surface area contributed by atoms with Gasteiger partial charge < -0.3 is 9.88 Å². The maximum absolute atomic E-state index is 9.56. The molecule has 0 fully saturated rings. The van der Waals surface area contributed by atoms with E-state index in [1.807, 2.05) is 54.6 Å². The van der Waals surface area contributed by atoms with Gasteiger partial charge in [-0.2, -0.15) is 0 Å². The van der Waals surface area contributed by atoms with Crippen LogP contribution in [0.15, 0.2) is 158 Å². The third-order valence-electron chi connectivity index (χ3n) is 8.41. The quantitative estimate of drug-likeness (QED) is 0.201. The molecule has 8 rings (SSSR count). The summed E-state index contributed by atoms with van der Waals surface area (Å²) in [6, 6.07) is 54.6. The molecule has 1 aromatic heterocycles. The van der Waals surface area contributed by atoms with Crippen LogP contribution in [0.4, 0.5) is 0 Å². The summed E-state index contributed by atoms with van der Waals surface area (Å²) in [6.45, 7) is 0. The van der Waals surface area contributed by atoms with Crippen LogP contribution in [0.25, 0.3) is 50.5 Å². The zero-order chi connectivity index (χ0) is 29.5. The number of allylic oxidation sites excluding steroid dienone is 1. The SMILES string of the molecule is N=C(/C(=C1\NC(c2ccccc2)=Cc2ccc(-n3c4ccccc4c4ccccc43)cc21)c1ccccc1)c1ccccc1. The second-order valence-electron chi connectivity index (χ2n) is 11.0. The van der Waals surface area contributed by atoms with Gasteiger partial charge >= 0.3 is 0 Å². The highest BCUT2D eigenvalue weighted by atomic mass is 15.0. The lowest BCUT2D eigenvalue weighted by molar-refractivity contribution is 1.16. The summed E-state index contributed by atoms with van der Waals surface area (Å²) in [5.41, 5.74) is 11.8. The average Bonchev–Trinajstić information content (AvgIpc) is 3.44. The summed E-state index contributed by atoms with van der Waals surface area (Å²) < 4.78 is 2.35. The molecule has 1 aliphatic rings. The van der Waals surface area contributed by atoms with Crippen LogP contribution in [0.3, 0.4) is 0 Å². The molecule has 0 radical (unpaired) electrons. The number of fused-ring (bicyclic) bond motifs is 4. The molecule has 0 bridgehead atoms. The van der Waals surface area contributed by atoms with Crippen LogP contribution in [0.5, 0.6) is 0 Å². The van der Waals surface area contributed by atoms with Crippen molar-refractivity contribution in [3.63, 3.8) is 0 Å². The highest BCUT2D eigenvalue weighted by molar-refractivity contribution is 6.36. The van der Waals surface area contributed by atoms with Gasteiger partial charge in [-0.05, 0) is 47.0 Å². The lowest BCUT2D eigenvalue weighted by atomic mass is 9.87. The molecule has 0 spiro atoms. The highest BCUT2D eigenvalue weighted by Crippen LogP contribution is 2.39. The Balaban J connectivity index is 1.43. The summed E-state index contributed by atoms with van der Waals surface area (Å²) in [5.74, 6) is 0. The number of benzene rings is 6. The molecule has 0 saturated carbocycles. The van der Waals surface area contributed by atoms with Crippen molar-refractivity contribution >= 4 is 50.6 Å². The molecule has 3 nitrogen and oxygen atoms in total. The number of aromatic nitrogens is 1. The van der Waals surface area contributed by atoms with Crippen LogP contribution in [0.2, 0.25) is 0 Å². The van der Waals surface area contributed by atoms with E-state index in [0.29, 0.717) is 5.71 Å². The molecule has 0 saturated heterocycles. The Morgan fingerprint density at radius 2 is 1.09 bits per heavy atom. The van der Waals surface area contributed by atoms with Crippen molar-refractivity contribution in [3.05, 3.63) is 186 Å². The second-order valence-corrected chi connectivity index (χ2v) is 11.0. The molecule has 0 aliphatic carbocycles. The first-order chi connectivity index (χ1) is 21.8. The Morgan fingerprint density at radius 1 is 0.545 bits per heavy atom. The minimum atomic E-state index is 0.474. The van der Waals surface area contributed by atoms with Crippen molar-refractivity contribution in [2.24, 2.45) is 0 Å². The zero-order valence-corrected chi connectivity index (χ0v) is 24.0. The molecule has 2 N–H and O–H groups in total. The number of rotatable bonds is 5. The molecule has 0 amide bonds. The van der Waals surface area contributed by atoms with Gasteiger partial charge in [0.05, 0.1) is 22.4 Å². The maximum atomic E-state index is 9.56. The van der Waals surface area contributed by atoms with Gasteiger partial charge in [-0.1, -0.05) is 133 Å². The van der Waals surface area contributed by atoms with Crippen LogP contribution in [-0.2, 0) is 0 Å². The summed E-state index contributed by atoms with van der Waals surface area (Å²) in [5, 5.41) is 15.8. The van der Waals surface area contributed by atoms with Gasteiger partial charge in [-0.15, -0.1) is 0 Å². The lowest BCUT2D eigenvalue weighted by Crippen LogP contribution is -2.20. The Bertz CT molecular complexity index is 2190. The van der Waals surface area contributed by atoms with E-state index in [2.05, 4.69) is 119 Å². The summed E-state index contributed by atoms with van der Waals surface area (Å²) in [6.07, 6.45) is 2.22. The van der Waals surface area contributed by atoms with E-state index in [-0.39, 0.29) is 0 Å². The van der Waals surface area contributed by atoms with Gasteiger partial charge in [0.15, 0.2) is 0 Å². The van der Waals surface area contributed by atoms with E-state index < -0.39 is 0 Å². The molecule has 7 aromatic rings. The van der Waals surface area contributed by atoms with Crippen molar-refractivity contribution in [3.8, 4) is 5.69 Å². The largest absolute Gasteiger partial charge is 0.354 e. The summed E-state index contributed by atoms with van der Waals surface area (Å²) in [7, 11) is 0. The molecule has 0 unspecified atom stereocenters. The predicted octanol–water partition coefficient (Wildman–Crippen LogP) is 9.82. The summed E-state index contributed by atoms with van der Waals surface area (Å²) >= 11 is 0. The molecular formula is C41H29N3. The topological polar surface area (TPSA) is 40.8 Å². The first kappa shape index (κ1) is 25.8.